The van der Waals surface area contributed by atoms with Crippen LogP contribution in [0.15, 0.2) is 218 Å². The van der Waals surface area contributed by atoms with Crippen LogP contribution in [0.5, 0.6) is 0 Å². The Morgan fingerprint density at radius 2 is 0.658 bits per heavy atom. The zero-order valence-electron chi connectivity index (χ0n) is 69.8. The third kappa shape index (κ3) is 13.9. The zero-order valence-corrected chi connectivity index (χ0v) is 73.1. The predicted octanol–water partition coefficient (Wildman–Crippen LogP) is 23.8. The largest absolute Gasteiger partial charge is 0.295 e. The standard InChI is InChI=1S/C27H22N3S.C26H26N3S.C24H30N3S.C21H24N3S/c1-17-15-26-22(28-18(2)31-26)16-21(17)27-29(3)24-12-6-7-13-25(24)30(27)23-14-8-10-19-9-4-5-11-20(19)23;1-17-15-23-20(27-25(30-23)26(2,3)4)16-19(17)24-28(5)21-13-9-10-14-22(21)29(24)18-11-7-6-8-12-18;1-15-13-20-17(25-22(28-20)23(2,3)4)14-16(15)21-26(8)18-11-9-10-12-19(18)27(21)24(5,6)7;1-13-11-18-15(22-20(25-18)21(2,3)4)12-14(13)19-23(5)16-9-7-8-10-17(16)24(19)6/h4-16H,1-3H3;6-16H,1-5H3;9-14H,1-8H3;7-12H,1-6H3/q4*+1. The van der Waals surface area contributed by atoms with Crippen molar-refractivity contribution in [2.45, 2.75) is 139 Å². The van der Waals surface area contributed by atoms with Crippen molar-refractivity contribution in [3.05, 3.63) is 261 Å². The van der Waals surface area contributed by atoms with Gasteiger partial charge in [0.25, 0.3) is 23.3 Å². The summed E-state index contributed by atoms with van der Waals surface area (Å²) in [6.45, 7) is 37.8. The van der Waals surface area contributed by atoms with Crippen LogP contribution in [0.4, 0.5) is 0 Å². The molecule has 19 aromatic rings. The molecule has 0 radical (unpaired) electrons. The summed E-state index contributed by atoms with van der Waals surface area (Å²) in [7, 11) is 10.8. The first-order chi connectivity index (χ1) is 54.2. The molecule has 8 aromatic heterocycles. The van der Waals surface area contributed by atoms with Gasteiger partial charge in [-0.3, -0.25) is 0 Å². The van der Waals surface area contributed by atoms with E-state index in [2.05, 4.69) is 408 Å². The Labute approximate surface area is 684 Å². The molecule has 16 heteroatoms. The Kier molecular flexibility index (Phi) is 19.7. The molecule has 0 aliphatic rings. The monoisotopic (exact) mass is 1570 g/mol. The summed E-state index contributed by atoms with van der Waals surface area (Å²) in [4.78, 5) is 19.7. The molecule has 12 nitrogen and oxygen atoms in total. The second-order valence-corrected chi connectivity index (χ2v) is 39.0. The smallest absolute Gasteiger partial charge is 0.241 e. The molecular formula is C98H102N12S4+4. The number of fused-ring (bicyclic) bond motifs is 9. The quantitative estimate of drug-likeness (QED) is 0.155. The Morgan fingerprint density at radius 3 is 1.12 bits per heavy atom. The van der Waals surface area contributed by atoms with E-state index < -0.39 is 0 Å². The summed E-state index contributed by atoms with van der Waals surface area (Å²) < 4.78 is 23.8. The Morgan fingerprint density at radius 1 is 0.316 bits per heavy atom. The molecule has 0 aliphatic heterocycles. The molecule has 0 fully saturated rings. The van der Waals surface area contributed by atoms with Gasteiger partial charge in [-0.05, 0) is 198 Å². The van der Waals surface area contributed by atoms with Crippen LogP contribution in [0.3, 0.4) is 0 Å². The molecule has 8 heterocycles. The minimum Gasteiger partial charge on any atom is -0.241 e. The van der Waals surface area contributed by atoms with Gasteiger partial charge in [-0.2, -0.15) is 9.13 Å². The molecule has 0 aliphatic carbocycles. The maximum atomic E-state index is 5.00. The highest BCUT2D eigenvalue weighted by Crippen LogP contribution is 2.42. The highest BCUT2D eigenvalue weighted by molar-refractivity contribution is 7.19. The second kappa shape index (κ2) is 29.2. The van der Waals surface area contributed by atoms with Gasteiger partial charge in [0.05, 0.1) is 118 Å². The van der Waals surface area contributed by atoms with Crippen molar-refractivity contribution in [3.8, 4) is 56.9 Å². The van der Waals surface area contributed by atoms with Crippen molar-refractivity contribution in [3.63, 3.8) is 0 Å². The minimum absolute atomic E-state index is 0.0315. The van der Waals surface area contributed by atoms with Crippen molar-refractivity contribution < 1.29 is 18.3 Å². The molecule has 0 atom stereocenters. The number of benzene rings is 11. The third-order valence-corrected chi connectivity index (χ3v) is 27.2. The van der Waals surface area contributed by atoms with Crippen LogP contribution in [0.2, 0.25) is 0 Å². The average molecular weight is 1580 g/mol. The summed E-state index contributed by atoms with van der Waals surface area (Å²) >= 11 is 7.19. The van der Waals surface area contributed by atoms with Gasteiger partial charge in [0.15, 0.2) is 44.1 Å². The number of nitrogens with zero attached hydrogens (tertiary/aromatic N) is 12. The third-order valence-electron chi connectivity index (χ3n) is 21.9. The number of aryl methyl sites for hydroxylation is 10. The maximum absolute atomic E-state index is 5.00. The molecule has 0 saturated carbocycles. The van der Waals surface area contributed by atoms with E-state index in [-0.39, 0.29) is 21.8 Å². The summed E-state index contributed by atoms with van der Waals surface area (Å²) in [6, 6.07) is 78.4. The maximum Gasteiger partial charge on any atom is 0.295 e. The van der Waals surface area contributed by atoms with Crippen LogP contribution >= 0.6 is 45.3 Å². The van der Waals surface area contributed by atoms with E-state index in [0.717, 1.165) is 32.8 Å². The average Bonchev–Trinajstić information content (AvgIpc) is 1.61. The van der Waals surface area contributed by atoms with Crippen LogP contribution in [0.1, 0.15) is 125 Å². The van der Waals surface area contributed by atoms with Gasteiger partial charge in [0, 0.05) is 21.6 Å². The van der Waals surface area contributed by atoms with Crippen LogP contribution in [0, 0.1) is 34.6 Å². The number of aromatic nitrogens is 12. The molecule has 0 amide bonds. The van der Waals surface area contributed by atoms with E-state index in [1.807, 2.05) is 34.0 Å². The molecule has 574 valence electrons. The second-order valence-electron chi connectivity index (χ2n) is 34.6. The highest BCUT2D eigenvalue weighted by atomic mass is 32.1. The van der Waals surface area contributed by atoms with Gasteiger partial charge in [0.2, 0.25) is 0 Å². The summed E-state index contributed by atoms with van der Waals surface area (Å²) in [5.41, 5.74) is 26.8. The van der Waals surface area contributed by atoms with Gasteiger partial charge < -0.3 is 0 Å². The van der Waals surface area contributed by atoms with Crippen LogP contribution in [-0.4, -0.2) is 38.2 Å². The first-order valence-electron chi connectivity index (χ1n) is 39.3. The zero-order chi connectivity index (χ0) is 80.5. The van der Waals surface area contributed by atoms with Crippen molar-refractivity contribution in [2.24, 2.45) is 35.2 Å². The summed E-state index contributed by atoms with van der Waals surface area (Å²) in [5.74, 6) is 4.79. The van der Waals surface area contributed by atoms with E-state index in [9.17, 15) is 0 Å². The van der Waals surface area contributed by atoms with Crippen molar-refractivity contribution in [1.82, 2.24) is 38.2 Å². The van der Waals surface area contributed by atoms with E-state index in [0.29, 0.717) is 0 Å². The lowest BCUT2D eigenvalue weighted by molar-refractivity contribution is -0.634. The number of rotatable bonds is 6. The van der Waals surface area contributed by atoms with E-state index >= 15 is 0 Å². The first kappa shape index (κ1) is 77.1. The molecule has 0 bridgehead atoms. The van der Waals surface area contributed by atoms with Gasteiger partial charge >= 0.3 is 0 Å². The van der Waals surface area contributed by atoms with Gasteiger partial charge in [-0.25, -0.2) is 47.3 Å². The SMILES string of the molecule is Cc1cc2sc(C(C)(C)C)nc2cc1-c1n(-c2ccccc2)c2ccccc2[n+]1C.Cc1cc2sc(C(C)(C)C)nc2cc1-c1n(C(C)(C)C)c2ccccc2[n+]1C.Cc1cc2sc(C(C)(C)C)nc2cc1-c1n(C)c2ccccc2[n+]1C.Cc1nc2cc(-c3n(-c4cccc5ccccc45)c4ccccc4[n+]3C)c(C)cc2s1. The van der Waals surface area contributed by atoms with Crippen molar-refractivity contribution >= 4 is 141 Å². The molecule has 11 aromatic carbocycles. The molecule has 114 heavy (non-hydrogen) atoms. The molecule has 0 unspecified atom stereocenters. The van der Waals surface area contributed by atoms with E-state index in [1.54, 1.807) is 11.3 Å². The minimum atomic E-state index is -0.0315. The lowest BCUT2D eigenvalue weighted by Crippen LogP contribution is -2.33. The van der Waals surface area contributed by atoms with Crippen LogP contribution < -0.4 is 18.3 Å². The van der Waals surface area contributed by atoms with Crippen molar-refractivity contribution in [2.75, 3.05) is 0 Å². The lowest BCUT2D eigenvalue weighted by atomic mass is 9.98. The number of imidazole rings is 4. The number of para-hydroxylation sites is 9. The molecule has 0 saturated heterocycles. The topological polar surface area (TPSA) is 86.8 Å². The van der Waals surface area contributed by atoms with E-state index in [4.69, 9.17) is 19.9 Å². The fraction of sp³-hybridized carbons (Fsp3) is 0.265. The van der Waals surface area contributed by atoms with Gasteiger partial charge in [0.1, 0.15) is 16.9 Å². The lowest BCUT2D eigenvalue weighted by Gasteiger charge is -2.19. The van der Waals surface area contributed by atoms with Crippen LogP contribution in [0.25, 0.3) is 153 Å². The van der Waals surface area contributed by atoms with E-state index in [1.165, 1.54) is 162 Å². The fourth-order valence-corrected chi connectivity index (χ4v) is 20.4. The molecule has 0 N–H and O–H groups in total. The summed E-state index contributed by atoms with van der Waals surface area (Å²) in [6.07, 6.45) is 0. The Balaban J connectivity index is 0.000000115. The summed E-state index contributed by atoms with van der Waals surface area (Å²) in [5, 5.41) is 7.16. The molecular weight excluding hydrogens is 1470 g/mol. The molecule has 19 rings (SSSR count). The number of hydrogen-bond acceptors (Lipinski definition) is 8. The fourth-order valence-electron chi connectivity index (χ4n) is 16.2. The first-order valence-corrected chi connectivity index (χ1v) is 42.6. The number of hydrogen-bond donors (Lipinski definition) is 0. The van der Waals surface area contributed by atoms with Gasteiger partial charge in [-0.15, -0.1) is 45.3 Å². The number of thiazole rings is 4. The Bertz CT molecular complexity index is 6930. The normalized spacial score (nSPS) is 12.3. The molecule has 0 spiro atoms. The van der Waals surface area contributed by atoms with Crippen LogP contribution in [-0.2, 0) is 57.0 Å². The highest BCUT2D eigenvalue weighted by Gasteiger charge is 2.36. The Hall–Kier alpha value is -10.9. The van der Waals surface area contributed by atoms with Gasteiger partial charge in [-0.1, -0.05) is 165 Å². The predicted molar refractivity (Wildman–Crippen MR) is 483 cm³/mol. The van der Waals surface area contributed by atoms with Crippen molar-refractivity contribution in [1.29, 1.82) is 0 Å².